The van der Waals surface area contributed by atoms with E-state index in [-0.39, 0.29) is 30.3 Å². The predicted molar refractivity (Wildman–Crippen MR) is 149 cm³/mol. The summed E-state index contributed by atoms with van der Waals surface area (Å²) in [7, 11) is -1.41. The Morgan fingerprint density at radius 2 is 1.74 bits per heavy atom. The van der Waals surface area contributed by atoms with Crippen LogP contribution in [0.2, 0.25) is 0 Å². The molecule has 0 aromatic heterocycles. The van der Waals surface area contributed by atoms with Gasteiger partial charge in [-0.25, -0.2) is 8.42 Å². The Kier molecular flexibility index (Phi) is 10.1. The zero-order valence-corrected chi connectivity index (χ0v) is 23.6. The molecule has 2 aliphatic heterocycles. The first-order valence-corrected chi connectivity index (χ1v) is 15.6. The number of hydrogen-bond donors (Lipinski definition) is 2. The number of rotatable bonds is 15. The van der Waals surface area contributed by atoms with Gasteiger partial charge in [0.2, 0.25) is 6.79 Å². The summed E-state index contributed by atoms with van der Waals surface area (Å²) in [5.41, 5.74) is 1.83. The number of nitrogens with zero attached hydrogens (tertiary/aromatic N) is 1. The molecule has 4 rings (SSSR count). The Morgan fingerprint density at radius 1 is 1.03 bits per heavy atom. The second kappa shape index (κ2) is 13.5. The molecule has 39 heavy (non-hydrogen) atoms. The summed E-state index contributed by atoms with van der Waals surface area (Å²) >= 11 is 0. The summed E-state index contributed by atoms with van der Waals surface area (Å²) in [5.74, 6) is 0.733. The van der Waals surface area contributed by atoms with Crippen LogP contribution >= 0.6 is 0 Å². The van der Waals surface area contributed by atoms with Crippen molar-refractivity contribution < 1.29 is 32.5 Å². The van der Waals surface area contributed by atoms with E-state index in [0.29, 0.717) is 49.8 Å². The number of ether oxygens (including phenoxy) is 3. The number of unbranched alkanes of at least 4 members (excludes halogenated alkanes) is 2. The van der Waals surface area contributed by atoms with E-state index in [9.17, 15) is 18.3 Å². The van der Waals surface area contributed by atoms with Gasteiger partial charge in [-0.3, -0.25) is 9.69 Å². The fourth-order valence-electron chi connectivity index (χ4n) is 5.58. The Labute approximate surface area is 231 Å². The SMILES string of the molecule is CCCCCS(=O)(=O)CCCNCCN1C[C@H](c2ccc3c(c2)OCO3)[C@H](C(=O)O)[C@H]1c1ccc(OC)cc1. The summed E-state index contributed by atoms with van der Waals surface area (Å²) in [5, 5.41) is 13.8. The van der Waals surface area contributed by atoms with Crippen molar-refractivity contribution in [2.45, 2.75) is 44.6 Å². The first-order chi connectivity index (χ1) is 18.8. The van der Waals surface area contributed by atoms with Gasteiger partial charge in [-0.1, -0.05) is 38.0 Å². The van der Waals surface area contributed by atoms with E-state index >= 15 is 0 Å². The molecule has 0 amide bonds. The van der Waals surface area contributed by atoms with Crippen molar-refractivity contribution >= 4 is 15.8 Å². The number of carboxylic acids is 1. The number of fused-ring (bicyclic) bond motifs is 1. The van der Waals surface area contributed by atoms with E-state index in [1.165, 1.54) is 0 Å². The first kappa shape index (κ1) is 29.2. The Morgan fingerprint density at radius 3 is 2.46 bits per heavy atom. The van der Waals surface area contributed by atoms with E-state index in [0.717, 1.165) is 30.4 Å². The summed E-state index contributed by atoms with van der Waals surface area (Å²) < 4.78 is 40.8. The highest BCUT2D eigenvalue weighted by Gasteiger charge is 2.47. The molecule has 0 spiro atoms. The minimum Gasteiger partial charge on any atom is -0.497 e. The first-order valence-electron chi connectivity index (χ1n) is 13.7. The lowest BCUT2D eigenvalue weighted by Crippen LogP contribution is -2.34. The molecular weight excluding hydrogens is 520 g/mol. The smallest absolute Gasteiger partial charge is 0.309 e. The maximum Gasteiger partial charge on any atom is 0.309 e. The number of hydrogen-bond acceptors (Lipinski definition) is 8. The van der Waals surface area contributed by atoms with Gasteiger partial charge in [-0.15, -0.1) is 0 Å². The maximum absolute atomic E-state index is 12.7. The van der Waals surface area contributed by atoms with Crippen molar-refractivity contribution in [3.63, 3.8) is 0 Å². The molecule has 10 heteroatoms. The van der Waals surface area contributed by atoms with E-state index in [1.54, 1.807) is 7.11 Å². The second-order valence-electron chi connectivity index (χ2n) is 10.3. The van der Waals surface area contributed by atoms with Crippen molar-refractivity contribution in [3.05, 3.63) is 53.6 Å². The monoisotopic (exact) mass is 560 g/mol. The van der Waals surface area contributed by atoms with Crippen LogP contribution in [0, 0.1) is 5.92 Å². The normalized spacial score (nSPS) is 20.8. The Hall–Kier alpha value is -2.82. The standard InChI is InChI=1S/C29H40N2O7S/c1-3-4-5-16-39(34,35)17-6-13-30-14-15-31-19-24(22-9-12-25-26(18-22)38-20-37-25)27(29(32)33)28(31)21-7-10-23(36-2)11-8-21/h7-12,18,24,27-28,30H,3-6,13-17,19-20H2,1-2H3,(H,32,33)/t24-,27+,28-/m1/s1. The van der Waals surface area contributed by atoms with E-state index in [4.69, 9.17) is 14.2 Å². The van der Waals surface area contributed by atoms with E-state index in [1.807, 2.05) is 42.5 Å². The molecule has 2 heterocycles. The van der Waals surface area contributed by atoms with Gasteiger partial charge in [0.25, 0.3) is 0 Å². The van der Waals surface area contributed by atoms with Crippen molar-refractivity contribution in [1.29, 1.82) is 0 Å². The van der Waals surface area contributed by atoms with Crippen molar-refractivity contribution in [1.82, 2.24) is 10.2 Å². The minimum absolute atomic E-state index is 0.165. The van der Waals surface area contributed by atoms with Crippen molar-refractivity contribution in [2.75, 3.05) is 51.6 Å². The third-order valence-electron chi connectivity index (χ3n) is 7.61. The van der Waals surface area contributed by atoms with Gasteiger partial charge in [-0.2, -0.15) is 0 Å². The molecule has 1 fully saturated rings. The van der Waals surface area contributed by atoms with Gasteiger partial charge in [0.05, 0.1) is 24.5 Å². The summed E-state index contributed by atoms with van der Waals surface area (Å²) in [4.78, 5) is 14.9. The third-order valence-corrected chi connectivity index (χ3v) is 9.43. The lowest BCUT2D eigenvalue weighted by Gasteiger charge is -2.27. The van der Waals surface area contributed by atoms with Gasteiger partial charge in [0.1, 0.15) is 15.6 Å². The highest BCUT2D eigenvalue weighted by atomic mass is 32.2. The summed E-state index contributed by atoms with van der Waals surface area (Å²) in [6, 6.07) is 12.9. The van der Waals surface area contributed by atoms with E-state index in [2.05, 4.69) is 17.1 Å². The van der Waals surface area contributed by atoms with Crippen LogP contribution < -0.4 is 19.5 Å². The number of carboxylic acid groups (broad SMARTS) is 1. The number of carbonyl (C=O) groups is 1. The summed E-state index contributed by atoms with van der Waals surface area (Å²) in [6.45, 7) is 4.65. The Balaban J connectivity index is 1.44. The van der Waals surface area contributed by atoms with Gasteiger partial charge >= 0.3 is 5.97 Å². The molecule has 2 aromatic carbocycles. The van der Waals surface area contributed by atoms with Gasteiger partial charge in [0.15, 0.2) is 11.5 Å². The number of benzene rings is 2. The zero-order chi connectivity index (χ0) is 27.8. The fraction of sp³-hybridized carbons (Fsp3) is 0.552. The third kappa shape index (κ3) is 7.43. The van der Waals surface area contributed by atoms with Crippen LogP contribution in [0.4, 0.5) is 0 Å². The molecule has 214 valence electrons. The molecule has 2 N–H and O–H groups in total. The van der Waals surface area contributed by atoms with Crippen molar-refractivity contribution in [3.8, 4) is 17.2 Å². The molecule has 9 nitrogen and oxygen atoms in total. The molecule has 2 aromatic rings. The highest BCUT2D eigenvalue weighted by Crippen LogP contribution is 2.47. The molecule has 0 saturated carbocycles. The zero-order valence-electron chi connectivity index (χ0n) is 22.8. The van der Waals surface area contributed by atoms with Crippen LogP contribution in [0.15, 0.2) is 42.5 Å². The molecule has 1 saturated heterocycles. The number of aliphatic carboxylic acids is 1. The van der Waals surface area contributed by atoms with Crippen LogP contribution in [0.3, 0.4) is 0 Å². The van der Waals surface area contributed by atoms with Gasteiger partial charge < -0.3 is 24.6 Å². The molecule has 0 bridgehead atoms. The molecule has 0 unspecified atom stereocenters. The van der Waals surface area contributed by atoms with Crippen LogP contribution in [0.25, 0.3) is 0 Å². The largest absolute Gasteiger partial charge is 0.497 e. The quantitative estimate of drug-likeness (QED) is 0.314. The van der Waals surface area contributed by atoms with Gasteiger partial charge in [-0.05, 0) is 54.8 Å². The average molecular weight is 561 g/mol. The minimum atomic E-state index is -3.01. The molecule has 0 aliphatic carbocycles. The van der Waals surface area contributed by atoms with Crippen molar-refractivity contribution in [2.24, 2.45) is 5.92 Å². The van der Waals surface area contributed by atoms with Crippen LogP contribution in [-0.2, 0) is 14.6 Å². The fourth-order valence-corrected chi connectivity index (χ4v) is 7.01. The maximum atomic E-state index is 12.7. The second-order valence-corrected chi connectivity index (χ2v) is 12.6. The van der Waals surface area contributed by atoms with Crippen LogP contribution in [0.5, 0.6) is 17.2 Å². The molecule has 2 aliphatic rings. The van der Waals surface area contributed by atoms with Crippen LogP contribution in [0.1, 0.15) is 55.7 Å². The number of sulfone groups is 1. The lowest BCUT2D eigenvalue weighted by atomic mass is 9.82. The Bertz CT molecular complexity index is 1200. The number of likely N-dealkylation sites (tertiary alicyclic amines) is 1. The molecule has 0 radical (unpaired) electrons. The molecule has 3 atom stereocenters. The van der Waals surface area contributed by atoms with E-state index < -0.39 is 21.7 Å². The number of methoxy groups -OCH3 is 1. The van der Waals surface area contributed by atoms with Crippen LogP contribution in [-0.4, -0.2) is 76.0 Å². The molecular formula is C29H40N2O7S. The van der Waals surface area contributed by atoms with Gasteiger partial charge in [0, 0.05) is 31.6 Å². The lowest BCUT2D eigenvalue weighted by molar-refractivity contribution is -0.143. The number of nitrogens with one attached hydrogen (secondary N) is 1. The topological polar surface area (TPSA) is 114 Å². The summed E-state index contributed by atoms with van der Waals surface area (Å²) in [6.07, 6.45) is 3.23. The average Bonchev–Trinajstić information content (AvgIpc) is 3.55. The highest BCUT2D eigenvalue weighted by molar-refractivity contribution is 7.91. The predicted octanol–water partition coefficient (Wildman–Crippen LogP) is 3.85.